The van der Waals surface area contributed by atoms with Gasteiger partial charge in [0.1, 0.15) is 9.84 Å². The number of sulfone groups is 1. The highest BCUT2D eigenvalue weighted by molar-refractivity contribution is 7.91. The Balaban J connectivity index is 2.85. The zero-order valence-corrected chi connectivity index (χ0v) is 12.6. The average Bonchev–Trinajstić information content (AvgIpc) is 2.30. The molecule has 0 amide bonds. The molecule has 108 valence electrons. The third-order valence-corrected chi connectivity index (χ3v) is 5.60. The molecule has 5 nitrogen and oxygen atoms in total. The quantitative estimate of drug-likeness (QED) is 0.807. The van der Waals surface area contributed by atoms with Crippen molar-refractivity contribution >= 4 is 20.0 Å². The van der Waals surface area contributed by atoms with E-state index >= 15 is 0 Å². The third kappa shape index (κ3) is 4.93. The topological polar surface area (TPSA) is 88.5 Å². The van der Waals surface area contributed by atoms with Gasteiger partial charge in [0, 0.05) is 5.75 Å². The Bertz CT molecular complexity index is 645. The van der Waals surface area contributed by atoms with Crippen LogP contribution in [-0.2, 0) is 26.4 Å². The van der Waals surface area contributed by atoms with Crippen LogP contribution in [-0.4, -0.2) is 32.9 Å². The fourth-order valence-corrected chi connectivity index (χ4v) is 3.11. The van der Waals surface area contributed by atoms with Crippen LogP contribution in [0.4, 0.5) is 0 Å². The predicted molar refractivity (Wildman–Crippen MR) is 73.6 cm³/mol. The molecule has 7 heteroatoms. The minimum absolute atomic E-state index is 0.0824. The first kappa shape index (κ1) is 16.1. The largest absolute Gasteiger partial charge is 0.294 e. The van der Waals surface area contributed by atoms with Crippen molar-refractivity contribution in [3.8, 4) is 0 Å². The van der Waals surface area contributed by atoms with E-state index in [2.05, 4.69) is 0 Å². The van der Waals surface area contributed by atoms with Gasteiger partial charge in [-0.2, -0.15) is 8.42 Å². The van der Waals surface area contributed by atoms with Crippen LogP contribution in [0.25, 0.3) is 0 Å². The van der Waals surface area contributed by atoms with E-state index in [9.17, 15) is 16.8 Å². The number of aryl methyl sites for hydroxylation is 2. The molecule has 0 spiro atoms. The van der Waals surface area contributed by atoms with E-state index in [-0.39, 0.29) is 16.4 Å². The number of hydrogen-bond acceptors (Lipinski definition) is 4. The van der Waals surface area contributed by atoms with Gasteiger partial charge in [-0.1, -0.05) is 13.0 Å². The molecular formula is C12H18O5S2. The third-order valence-electron chi connectivity index (χ3n) is 2.96. The lowest BCUT2D eigenvalue weighted by Gasteiger charge is -2.07. The fourth-order valence-electron chi connectivity index (χ4n) is 1.70. The summed E-state index contributed by atoms with van der Waals surface area (Å²) in [4.78, 5) is -0.161. The van der Waals surface area contributed by atoms with Gasteiger partial charge in [-0.25, -0.2) is 8.42 Å². The second kappa shape index (κ2) is 6.02. The Hall–Kier alpha value is -0.920. The zero-order valence-electron chi connectivity index (χ0n) is 11.0. The first-order valence-corrected chi connectivity index (χ1v) is 9.19. The number of rotatable bonds is 6. The molecule has 0 fully saturated rings. The van der Waals surface area contributed by atoms with E-state index in [0.29, 0.717) is 12.8 Å². The second-order valence-electron chi connectivity index (χ2n) is 4.40. The van der Waals surface area contributed by atoms with E-state index in [0.717, 1.165) is 11.1 Å². The normalized spacial score (nSPS) is 12.6. The van der Waals surface area contributed by atoms with Crippen LogP contribution in [0.5, 0.6) is 0 Å². The minimum Gasteiger partial charge on any atom is -0.282 e. The lowest BCUT2D eigenvalue weighted by atomic mass is 10.0. The van der Waals surface area contributed by atoms with Gasteiger partial charge in [-0.3, -0.25) is 4.55 Å². The van der Waals surface area contributed by atoms with Crippen molar-refractivity contribution in [3.05, 3.63) is 29.3 Å². The molecule has 0 aromatic heterocycles. The Labute approximate surface area is 114 Å². The van der Waals surface area contributed by atoms with Gasteiger partial charge in [0.05, 0.1) is 10.6 Å². The Kier molecular flexibility index (Phi) is 5.11. The monoisotopic (exact) mass is 306 g/mol. The summed E-state index contributed by atoms with van der Waals surface area (Å²) in [5.74, 6) is 0.191. The molecule has 0 aliphatic rings. The van der Waals surface area contributed by atoms with Crippen molar-refractivity contribution in [3.63, 3.8) is 0 Å². The first-order chi connectivity index (χ1) is 8.65. The van der Waals surface area contributed by atoms with E-state index in [1.54, 1.807) is 13.0 Å². The van der Waals surface area contributed by atoms with Crippen LogP contribution in [0, 0.1) is 6.92 Å². The number of hydrogen-bond donors (Lipinski definition) is 1. The summed E-state index contributed by atoms with van der Waals surface area (Å²) >= 11 is 0. The lowest BCUT2D eigenvalue weighted by molar-refractivity contribution is 0.483. The first-order valence-electron chi connectivity index (χ1n) is 5.93. The smallest absolute Gasteiger partial charge is 0.282 e. The van der Waals surface area contributed by atoms with Crippen molar-refractivity contribution in [1.82, 2.24) is 0 Å². The van der Waals surface area contributed by atoms with Crippen molar-refractivity contribution in [2.75, 3.05) is 11.5 Å². The van der Waals surface area contributed by atoms with E-state index in [4.69, 9.17) is 4.55 Å². The summed E-state index contributed by atoms with van der Waals surface area (Å²) in [6.45, 7) is 3.41. The maximum absolute atomic E-state index is 11.4. The molecule has 1 N–H and O–H groups in total. The molecule has 19 heavy (non-hydrogen) atoms. The van der Waals surface area contributed by atoms with Gasteiger partial charge in [0.15, 0.2) is 0 Å². The van der Waals surface area contributed by atoms with Crippen molar-refractivity contribution in [1.29, 1.82) is 0 Å². The predicted octanol–water partition coefficient (Wildman–Crippen LogP) is 1.61. The summed E-state index contributed by atoms with van der Waals surface area (Å²) < 4.78 is 53.8. The minimum atomic E-state index is -4.22. The SMILES string of the molecule is CCS(=O)(=O)CCCc1cc(S(=O)(=O)O)ccc1C. The average molecular weight is 306 g/mol. The maximum atomic E-state index is 11.4. The van der Waals surface area contributed by atoms with Gasteiger partial charge in [0.2, 0.25) is 0 Å². The summed E-state index contributed by atoms with van der Waals surface area (Å²) in [6.07, 6.45) is 0.903. The molecule has 0 aliphatic heterocycles. The van der Waals surface area contributed by atoms with Crippen molar-refractivity contribution in [2.45, 2.75) is 31.6 Å². The summed E-state index contributed by atoms with van der Waals surface area (Å²) in [6, 6.07) is 4.33. The Morgan fingerprint density at radius 1 is 1.16 bits per heavy atom. The molecule has 1 aromatic rings. The second-order valence-corrected chi connectivity index (χ2v) is 8.30. The fraction of sp³-hybridized carbons (Fsp3) is 0.500. The molecule has 0 aliphatic carbocycles. The van der Waals surface area contributed by atoms with Crippen LogP contribution in [0.2, 0.25) is 0 Å². The highest BCUT2D eigenvalue weighted by Crippen LogP contribution is 2.17. The molecule has 0 unspecified atom stereocenters. The van der Waals surface area contributed by atoms with Gasteiger partial charge in [0.25, 0.3) is 10.1 Å². The van der Waals surface area contributed by atoms with Gasteiger partial charge in [-0.15, -0.1) is 0 Å². The molecule has 1 aromatic carbocycles. The van der Waals surface area contributed by atoms with Crippen LogP contribution >= 0.6 is 0 Å². The highest BCUT2D eigenvalue weighted by Gasteiger charge is 2.12. The molecule has 0 saturated carbocycles. The van der Waals surface area contributed by atoms with Gasteiger partial charge in [-0.05, 0) is 43.0 Å². The molecule has 0 bridgehead atoms. The van der Waals surface area contributed by atoms with E-state index in [1.807, 2.05) is 6.92 Å². The zero-order chi connectivity index (χ0) is 14.7. The van der Waals surface area contributed by atoms with Crippen LogP contribution in [0.1, 0.15) is 24.5 Å². The van der Waals surface area contributed by atoms with Gasteiger partial charge < -0.3 is 0 Å². The van der Waals surface area contributed by atoms with E-state index in [1.165, 1.54) is 12.1 Å². The van der Waals surface area contributed by atoms with Crippen molar-refractivity contribution < 1.29 is 21.4 Å². The van der Waals surface area contributed by atoms with Gasteiger partial charge >= 0.3 is 0 Å². The number of benzene rings is 1. The standard InChI is InChI=1S/C12H18O5S2/c1-3-18(13,14)8-4-5-11-9-12(19(15,16)17)7-6-10(11)2/h6-7,9H,3-5,8H2,1-2H3,(H,15,16,17). The van der Waals surface area contributed by atoms with Crippen molar-refractivity contribution in [2.24, 2.45) is 0 Å². The van der Waals surface area contributed by atoms with Crippen LogP contribution in [0.15, 0.2) is 23.1 Å². The molecule has 0 radical (unpaired) electrons. The molecule has 0 heterocycles. The molecule has 0 saturated heterocycles. The van der Waals surface area contributed by atoms with E-state index < -0.39 is 20.0 Å². The summed E-state index contributed by atoms with van der Waals surface area (Å²) in [5, 5.41) is 0. The summed E-state index contributed by atoms with van der Waals surface area (Å²) in [5.41, 5.74) is 1.61. The molecular weight excluding hydrogens is 288 g/mol. The maximum Gasteiger partial charge on any atom is 0.294 e. The lowest BCUT2D eigenvalue weighted by Crippen LogP contribution is -2.10. The highest BCUT2D eigenvalue weighted by atomic mass is 32.2. The molecule has 1 rings (SSSR count). The Morgan fingerprint density at radius 2 is 1.79 bits per heavy atom. The molecule has 0 atom stereocenters. The Morgan fingerprint density at radius 3 is 2.32 bits per heavy atom. The summed E-state index contributed by atoms with van der Waals surface area (Å²) in [7, 11) is -7.23. The van der Waals surface area contributed by atoms with Crippen LogP contribution < -0.4 is 0 Å². The van der Waals surface area contributed by atoms with Crippen LogP contribution in [0.3, 0.4) is 0 Å².